The molecule has 3 aromatic rings. The van der Waals surface area contributed by atoms with E-state index in [0.717, 1.165) is 53.2 Å². The molecule has 5 rings (SSSR count). The number of nitrogens with zero attached hydrogens (tertiary/aromatic N) is 5. The summed E-state index contributed by atoms with van der Waals surface area (Å²) < 4.78 is 16.8. The molecule has 148 valence electrons. The van der Waals surface area contributed by atoms with E-state index < -0.39 is 5.41 Å². The highest BCUT2D eigenvalue weighted by Gasteiger charge is 2.44. The normalized spacial score (nSPS) is 23.2. The zero-order chi connectivity index (χ0) is 20.0. The fourth-order valence-electron chi connectivity index (χ4n) is 4.37. The number of carbonyl (C=O) groups is 1. The summed E-state index contributed by atoms with van der Waals surface area (Å²) >= 11 is 1.65. The van der Waals surface area contributed by atoms with Gasteiger partial charge in [0.25, 0.3) is 0 Å². The second kappa shape index (κ2) is 6.95. The number of thioether (sulfide) groups is 1. The van der Waals surface area contributed by atoms with Gasteiger partial charge in [0.1, 0.15) is 18.4 Å². The average Bonchev–Trinajstić information content (AvgIpc) is 3.32. The Kier molecular flexibility index (Phi) is 4.38. The predicted octanol–water partition coefficient (Wildman–Crippen LogP) is 3.61. The van der Waals surface area contributed by atoms with Crippen molar-refractivity contribution in [3.8, 4) is 5.69 Å². The van der Waals surface area contributed by atoms with E-state index in [1.807, 2.05) is 17.9 Å². The molecule has 6 nitrogen and oxygen atoms in total. The Labute approximate surface area is 171 Å². The first kappa shape index (κ1) is 18.3. The topological polar surface area (TPSA) is 65.6 Å². The maximum absolute atomic E-state index is 13.3. The molecule has 0 bridgehead atoms. The third-order valence-electron chi connectivity index (χ3n) is 5.82. The Morgan fingerprint density at radius 2 is 2.14 bits per heavy atom. The van der Waals surface area contributed by atoms with Crippen LogP contribution in [0.1, 0.15) is 30.5 Å². The minimum absolute atomic E-state index is 0.272. The zero-order valence-electron chi connectivity index (χ0n) is 16.0. The van der Waals surface area contributed by atoms with Gasteiger partial charge in [-0.3, -0.25) is 4.68 Å². The molecule has 2 aromatic heterocycles. The van der Waals surface area contributed by atoms with Crippen molar-refractivity contribution in [1.82, 2.24) is 24.5 Å². The first-order valence-corrected chi connectivity index (χ1v) is 10.5. The van der Waals surface area contributed by atoms with Crippen LogP contribution in [0.4, 0.5) is 4.39 Å². The van der Waals surface area contributed by atoms with Gasteiger partial charge in [-0.15, -0.1) is 5.10 Å². The molecule has 29 heavy (non-hydrogen) atoms. The fraction of sp³-hybridized carbons (Fsp3) is 0.333. The van der Waals surface area contributed by atoms with Gasteiger partial charge >= 0.3 is 0 Å². The van der Waals surface area contributed by atoms with Crippen LogP contribution in [0.3, 0.4) is 0 Å². The molecule has 1 saturated carbocycles. The van der Waals surface area contributed by atoms with Crippen LogP contribution in [0, 0.1) is 11.2 Å². The number of allylic oxidation sites excluding steroid dienone is 1. The minimum Gasteiger partial charge on any atom is -0.302 e. The van der Waals surface area contributed by atoms with E-state index in [4.69, 9.17) is 0 Å². The highest BCUT2D eigenvalue weighted by molar-refractivity contribution is 7.99. The van der Waals surface area contributed by atoms with Gasteiger partial charge in [0.2, 0.25) is 5.16 Å². The number of aryl methyl sites for hydroxylation is 1. The van der Waals surface area contributed by atoms with E-state index in [0.29, 0.717) is 11.7 Å². The Balaban J connectivity index is 1.45. The zero-order valence-corrected chi connectivity index (χ0v) is 16.8. The summed E-state index contributed by atoms with van der Waals surface area (Å²) in [5, 5.41) is 9.93. The molecule has 1 fully saturated rings. The summed E-state index contributed by atoms with van der Waals surface area (Å²) in [5.74, 6) is -0.272. The molecular formula is C21H20FN5OS. The molecule has 2 aliphatic rings. The van der Waals surface area contributed by atoms with Crippen molar-refractivity contribution >= 4 is 24.1 Å². The standard InChI is InChI=1S/C21H20FN5OS/c1-26-13-23-20(25-26)29-18-7-2-15-8-19-14(9-21(15,10-18)12-28)11-24-27(19)17-5-3-16(22)4-6-17/h3-6,8,11-13,18H,2,7,9-10H2,1H3/t18-,21+/m0/s1. The van der Waals surface area contributed by atoms with Crippen LogP contribution in [0.25, 0.3) is 11.8 Å². The SMILES string of the molecule is Cn1cnc(S[C@H]2CCC3=Cc4c(cnn4-c4ccc(F)cc4)C[C@]3(C=O)C2)n1. The smallest absolute Gasteiger partial charge is 0.208 e. The third kappa shape index (κ3) is 3.21. The Bertz CT molecular complexity index is 1100. The lowest BCUT2D eigenvalue weighted by molar-refractivity contribution is -0.115. The Morgan fingerprint density at radius 1 is 1.31 bits per heavy atom. The number of hydrogen-bond donors (Lipinski definition) is 0. The quantitative estimate of drug-likeness (QED) is 0.616. The molecular weight excluding hydrogens is 389 g/mol. The molecule has 2 atom stereocenters. The lowest BCUT2D eigenvalue weighted by Gasteiger charge is -2.41. The summed E-state index contributed by atoms with van der Waals surface area (Å²) in [7, 11) is 1.85. The van der Waals surface area contributed by atoms with Crippen molar-refractivity contribution in [3.63, 3.8) is 0 Å². The summed E-state index contributed by atoms with van der Waals surface area (Å²) in [4.78, 5) is 16.6. The summed E-state index contributed by atoms with van der Waals surface area (Å²) in [6, 6.07) is 6.30. The fourth-order valence-corrected chi connectivity index (χ4v) is 5.57. The van der Waals surface area contributed by atoms with Crippen LogP contribution in [0.15, 0.2) is 47.5 Å². The van der Waals surface area contributed by atoms with Crippen molar-refractivity contribution in [1.29, 1.82) is 0 Å². The van der Waals surface area contributed by atoms with Gasteiger partial charge in [0.15, 0.2) is 0 Å². The van der Waals surface area contributed by atoms with Gasteiger partial charge < -0.3 is 4.79 Å². The highest BCUT2D eigenvalue weighted by atomic mass is 32.2. The van der Waals surface area contributed by atoms with Crippen molar-refractivity contribution in [3.05, 3.63) is 59.4 Å². The third-order valence-corrected chi connectivity index (χ3v) is 6.95. The van der Waals surface area contributed by atoms with Crippen LogP contribution in [-0.2, 0) is 18.3 Å². The molecule has 0 spiro atoms. The molecule has 0 aliphatic heterocycles. The van der Waals surface area contributed by atoms with Gasteiger partial charge in [0.05, 0.1) is 23.0 Å². The van der Waals surface area contributed by atoms with E-state index in [1.54, 1.807) is 34.9 Å². The van der Waals surface area contributed by atoms with Crippen molar-refractivity contribution in [2.45, 2.75) is 36.1 Å². The van der Waals surface area contributed by atoms with Crippen molar-refractivity contribution in [2.24, 2.45) is 12.5 Å². The van der Waals surface area contributed by atoms with E-state index >= 15 is 0 Å². The molecule has 2 aliphatic carbocycles. The van der Waals surface area contributed by atoms with Gasteiger partial charge in [-0.25, -0.2) is 14.1 Å². The maximum atomic E-state index is 13.3. The number of aromatic nitrogens is 5. The largest absolute Gasteiger partial charge is 0.302 e. The molecule has 0 unspecified atom stereocenters. The second-order valence-corrected chi connectivity index (χ2v) is 9.01. The number of aldehydes is 1. The van der Waals surface area contributed by atoms with Crippen LogP contribution in [-0.4, -0.2) is 36.1 Å². The van der Waals surface area contributed by atoms with Crippen LogP contribution >= 0.6 is 11.8 Å². The number of rotatable bonds is 4. The predicted molar refractivity (Wildman–Crippen MR) is 108 cm³/mol. The second-order valence-electron chi connectivity index (χ2n) is 7.75. The van der Waals surface area contributed by atoms with E-state index in [1.165, 1.54) is 12.1 Å². The van der Waals surface area contributed by atoms with Crippen molar-refractivity contribution < 1.29 is 9.18 Å². The number of benzene rings is 1. The maximum Gasteiger partial charge on any atom is 0.208 e. The molecule has 1 aromatic carbocycles. The molecule has 0 radical (unpaired) electrons. The molecule has 0 amide bonds. The number of halogens is 1. The summed E-state index contributed by atoms with van der Waals surface area (Å²) in [5.41, 5.74) is 3.52. The summed E-state index contributed by atoms with van der Waals surface area (Å²) in [6.07, 6.45) is 10.0. The monoisotopic (exact) mass is 409 g/mol. The number of hydrogen-bond acceptors (Lipinski definition) is 5. The number of carbonyl (C=O) groups excluding carboxylic acids is 1. The molecule has 8 heteroatoms. The Morgan fingerprint density at radius 3 is 2.86 bits per heavy atom. The van der Waals surface area contributed by atoms with Gasteiger partial charge in [-0.05, 0) is 61.6 Å². The summed E-state index contributed by atoms with van der Waals surface area (Å²) in [6.45, 7) is 0. The molecule has 0 saturated heterocycles. The van der Waals surface area contributed by atoms with E-state index in [-0.39, 0.29) is 5.82 Å². The highest BCUT2D eigenvalue weighted by Crippen LogP contribution is 2.50. The van der Waals surface area contributed by atoms with E-state index in [2.05, 4.69) is 21.3 Å². The van der Waals surface area contributed by atoms with Crippen LogP contribution in [0.5, 0.6) is 0 Å². The van der Waals surface area contributed by atoms with Crippen LogP contribution < -0.4 is 0 Å². The molecule has 0 N–H and O–H groups in total. The van der Waals surface area contributed by atoms with Crippen molar-refractivity contribution in [2.75, 3.05) is 0 Å². The van der Waals surface area contributed by atoms with E-state index in [9.17, 15) is 9.18 Å². The molecule has 2 heterocycles. The first-order chi connectivity index (χ1) is 14.1. The van der Waals surface area contributed by atoms with Gasteiger partial charge in [0, 0.05) is 12.3 Å². The lowest BCUT2D eigenvalue weighted by atomic mass is 9.65. The first-order valence-electron chi connectivity index (χ1n) is 9.59. The minimum atomic E-state index is -0.492. The average molecular weight is 409 g/mol. The van der Waals surface area contributed by atoms with Gasteiger partial charge in [-0.1, -0.05) is 17.3 Å². The van der Waals surface area contributed by atoms with Crippen LogP contribution in [0.2, 0.25) is 0 Å². The lowest BCUT2D eigenvalue weighted by Crippen LogP contribution is -2.37. The van der Waals surface area contributed by atoms with Gasteiger partial charge in [-0.2, -0.15) is 5.10 Å². The number of fused-ring (bicyclic) bond motifs is 2. The Hall–Kier alpha value is -2.74.